The molecule has 2 aromatic rings. The van der Waals surface area contributed by atoms with Crippen LogP contribution in [-0.4, -0.2) is 27.2 Å². The molecule has 0 aliphatic heterocycles. The van der Waals surface area contributed by atoms with Gasteiger partial charge < -0.3 is 14.4 Å². The Morgan fingerprint density at radius 3 is 2.24 bits per heavy atom. The Bertz CT molecular complexity index is 640. The predicted octanol–water partition coefficient (Wildman–Crippen LogP) is 3.74. The second kappa shape index (κ2) is 6.63. The maximum absolute atomic E-state index is 12.5. The standard InChI is InChI=1S/C16H16BrNO3/c1-18(12-5-7-13(20-2)8-6-12)16(19)11-4-9-15(21-3)14(17)10-11/h4-10H,1-3H3. The third kappa shape index (κ3) is 3.36. The van der Waals surface area contributed by atoms with Gasteiger partial charge in [0.25, 0.3) is 5.91 Å². The first kappa shape index (κ1) is 15.4. The fraction of sp³-hybridized carbons (Fsp3) is 0.188. The van der Waals surface area contributed by atoms with Gasteiger partial charge >= 0.3 is 0 Å². The van der Waals surface area contributed by atoms with Crippen molar-refractivity contribution in [3.05, 3.63) is 52.5 Å². The summed E-state index contributed by atoms with van der Waals surface area (Å²) in [6.45, 7) is 0. The Labute approximate surface area is 132 Å². The van der Waals surface area contributed by atoms with Crippen molar-refractivity contribution in [2.75, 3.05) is 26.2 Å². The molecule has 0 N–H and O–H groups in total. The highest BCUT2D eigenvalue weighted by Gasteiger charge is 2.15. The maximum atomic E-state index is 12.5. The number of amides is 1. The maximum Gasteiger partial charge on any atom is 0.258 e. The van der Waals surface area contributed by atoms with Crippen LogP contribution in [0.2, 0.25) is 0 Å². The summed E-state index contributed by atoms with van der Waals surface area (Å²) in [5.74, 6) is 1.36. The SMILES string of the molecule is COc1ccc(N(C)C(=O)c2ccc(OC)c(Br)c2)cc1. The molecule has 0 aliphatic carbocycles. The molecule has 1 amide bonds. The summed E-state index contributed by atoms with van der Waals surface area (Å²) in [6, 6.07) is 12.6. The van der Waals surface area contributed by atoms with Gasteiger partial charge in [0.1, 0.15) is 11.5 Å². The van der Waals surface area contributed by atoms with Crippen LogP contribution in [0, 0.1) is 0 Å². The highest BCUT2D eigenvalue weighted by Crippen LogP contribution is 2.27. The molecule has 0 radical (unpaired) electrons. The van der Waals surface area contributed by atoms with Crippen LogP contribution in [0.1, 0.15) is 10.4 Å². The molecular formula is C16H16BrNO3. The van der Waals surface area contributed by atoms with Crippen molar-refractivity contribution in [3.8, 4) is 11.5 Å². The Hall–Kier alpha value is -2.01. The van der Waals surface area contributed by atoms with E-state index in [4.69, 9.17) is 9.47 Å². The monoisotopic (exact) mass is 349 g/mol. The molecule has 0 bridgehead atoms. The summed E-state index contributed by atoms with van der Waals surface area (Å²) in [5.41, 5.74) is 1.38. The molecule has 0 aromatic heterocycles. The number of nitrogens with zero attached hydrogens (tertiary/aromatic N) is 1. The van der Waals surface area contributed by atoms with Crippen molar-refractivity contribution in [2.24, 2.45) is 0 Å². The molecule has 0 spiro atoms. The zero-order chi connectivity index (χ0) is 15.4. The molecular weight excluding hydrogens is 334 g/mol. The zero-order valence-corrected chi connectivity index (χ0v) is 13.7. The number of carbonyl (C=O) groups is 1. The number of hydrogen-bond acceptors (Lipinski definition) is 3. The number of rotatable bonds is 4. The number of ether oxygens (including phenoxy) is 2. The van der Waals surface area contributed by atoms with E-state index >= 15 is 0 Å². The lowest BCUT2D eigenvalue weighted by molar-refractivity contribution is 0.0993. The van der Waals surface area contributed by atoms with Gasteiger partial charge in [-0.05, 0) is 58.4 Å². The lowest BCUT2D eigenvalue weighted by atomic mass is 10.2. The van der Waals surface area contributed by atoms with E-state index in [1.54, 1.807) is 44.4 Å². The number of hydrogen-bond donors (Lipinski definition) is 0. The first-order valence-electron chi connectivity index (χ1n) is 6.32. The average Bonchev–Trinajstić information content (AvgIpc) is 2.53. The molecule has 110 valence electrons. The van der Waals surface area contributed by atoms with Gasteiger partial charge in [0.2, 0.25) is 0 Å². The second-order valence-electron chi connectivity index (χ2n) is 4.41. The minimum atomic E-state index is -0.0940. The van der Waals surface area contributed by atoms with Crippen molar-refractivity contribution in [1.29, 1.82) is 0 Å². The Kier molecular flexibility index (Phi) is 4.85. The Morgan fingerprint density at radius 1 is 1.05 bits per heavy atom. The molecule has 0 heterocycles. The number of halogens is 1. The minimum Gasteiger partial charge on any atom is -0.497 e. The van der Waals surface area contributed by atoms with Crippen molar-refractivity contribution < 1.29 is 14.3 Å². The molecule has 2 aromatic carbocycles. The molecule has 5 heteroatoms. The van der Waals surface area contributed by atoms with E-state index in [2.05, 4.69) is 15.9 Å². The molecule has 0 saturated carbocycles. The molecule has 4 nitrogen and oxygen atoms in total. The quantitative estimate of drug-likeness (QED) is 0.843. The largest absolute Gasteiger partial charge is 0.497 e. The third-order valence-corrected chi connectivity index (χ3v) is 3.78. The third-order valence-electron chi connectivity index (χ3n) is 3.16. The van der Waals surface area contributed by atoms with Crippen LogP contribution in [0.4, 0.5) is 5.69 Å². The van der Waals surface area contributed by atoms with E-state index in [1.165, 1.54) is 0 Å². The number of carbonyl (C=O) groups excluding carboxylic acids is 1. The molecule has 0 atom stereocenters. The molecule has 21 heavy (non-hydrogen) atoms. The topological polar surface area (TPSA) is 38.8 Å². The molecule has 0 fully saturated rings. The van der Waals surface area contributed by atoms with E-state index in [0.29, 0.717) is 11.3 Å². The van der Waals surface area contributed by atoms with Crippen LogP contribution in [-0.2, 0) is 0 Å². The van der Waals surface area contributed by atoms with Gasteiger partial charge in [0, 0.05) is 18.3 Å². The first-order chi connectivity index (χ1) is 10.1. The van der Waals surface area contributed by atoms with Crippen molar-refractivity contribution >= 4 is 27.5 Å². The molecule has 0 saturated heterocycles. The fourth-order valence-electron chi connectivity index (χ4n) is 1.92. The average molecular weight is 350 g/mol. The second-order valence-corrected chi connectivity index (χ2v) is 5.27. The smallest absolute Gasteiger partial charge is 0.258 e. The zero-order valence-electron chi connectivity index (χ0n) is 12.1. The highest BCUT2D eigenvalue weighted by atomic mass is 79.9. The lowest BCUT2D eigenvalue weighted by Crippen LogP contribution is -2.26. The Balaban J connectivity index is 2.23. The van der Waals surface area contributed by atoms with Gasteiger partial charge in [0.15, 0.2) is 0 Å². The van der Waals surface area contributed by atoms with Gasteiger partial charge in [-0.15, -0.1) is 0 Å². The summed E-state index contributed by atoms with van der Waals surface area (Å²) < 4.78 is 11.0. The van der Waals surface area contributed by atoms with E-state index < -0.39 is 0 Å². The number of benzene rings is 2. The predicted molar refractivity (Wildman–Crippen MR) is 86.4 cm³/mol. The molecule has 0 unspecified atom stereocenters. The van der Waals surface area contributed by atoms with Gasteiger partial charge in [-0.2, -0.15) is 0 Å². The first-order valence-corrected chi connectivity index (χ1v) is 7.11. The summed E-state index contributed by atoms with van der Waals surface area (Å²) >= 11 is 3.39. The van der Waals surface area contributed by atoms with Gasteiger partial charge in [-0.1, -0.05) is 0 Å². The summed E-state index contributed by atoms with van der Waals surface area (Å²) in [5, 5.41) is 0. The normalized spacial score (nSPS) is 10.1. The minimum absolute atomic E-state index is 0.0940. The highest BCUT2D eigenvalue weighted by molar-refractivity contribution is 9.10. The van der Waals surface area contributed by atoms with Crippen molar-refractivity contribution in [3.63, 3.8) is 0 Å². The fourth-order valence-corrected chi connectivity index (χ4v) is 2.46. The van der Waals surface area contributed by atoms with E-state index in [1.807, 2.05) is 24.3 Å². The van der Waals surface area contributed by atoms with Crippen molar-refractivity contribution in [2.45, 2.75) is 0 Å². The van der Waals surface area contributed by atoms with Crippen LogP contribution in [0.25, 0.3) is 0 Å². The van der Waals surface area contributed by atoms with Crippen LogP contribution in [0.3, 0.4) is 0 Å². The van der Waals surface area contributed by atoms with Crippen LogP contribution < -0.4 is 14.4 Å². The van der Waals surface area contributed by atoms with Crippen molar-refractivity contribution in [1.82, 2.24) is 0 Å². The number of anilines is 1. The van der Waals surface area contributed by atoms with Crippen LogP contribution in [0.5, 0.6) is 11.5 Å². The molecule has 2 rings (SSSR count). The van der Waals surface area contributed by atoms with E-state index in [-0.39, 0.29) is 5.91 Å². The van der Waals surface area contributed by atoms with Crippen LogP contribution >= 0.6 is 15.9 Å². The molecule has 0 aliphatic rings. The van der Waals surface area contributed by atoms with Gasteiger partial charge in [0.05, 0.1) is 18.7 Å². The summed E-state index contributed by atoms with van der Waals surface area (Å²) in [4.78, 5) is 14.1. The lowest BCUT2D eigenvalue weighted by Gasteiger charge is -2.18. The van der Waals surface area contributed by atoms with E-state index in [9.17, 15) is 4.79 Å². The van der Waals surface area contributed by atoms with Gasteiger partial charge in [-0.3, -0.25) is 4.79 Å². The summed E-state index contributed by atoms with van der Waals surface area (Å²) in [7, 11) is 4.94. The van der Waals surface area contributed by atoms with E-state index in [0.717, 1.165) is 15.9 Å². The summed E-state index contributed by atoms with van der Waals surface area (Å²) in [6.07, 6.45) is 0. The Morgan fingerprint density at radius 2 is 1.71 bits per heavy atom. The number of methoxy groups -OCH3 is 2. The van der Waals surface area contributed by atoms with Crippen LogP contribution in [0.15, 0.2) is 46.9 Å². The van der Waals surface area contributed by atoms with Gasteiger partial charge in [-0.25, -0.2) is 0 Å².